The second-order valence-corrected chi connectivity index (χ2v) is 7.69. The van der Waals surface area contributed by atoms with E-state index in [-0.39, 0.29) is 0 Å². The van der Waals surface area contributed by atoms with Gasteiger partial charge in [0.1, 0.15) is 0 Å². The fourth-order valence-electron chi connectivity index (χ4n) is 1.73. The number of sulfone groups is 1. The molecular formula is C14H15IN2O2S. The minimum atomic E-state index is -3.13. The Labute approximate surface area is 132 Å². The highest BCUT2D eigenvalue weighted by Crippen LogP contribution is 2.21. The van der Waals surface area contributed by atoms with Gasteiger partial charge in [-0.2, -0.15) is 0 Å². The molecule has 2 aromatic rings. The summed E-state index contributed by atoms with van der Waals surface area (Å²) in [6.45, 7) is 0.629. The molecule has 0 aromatic heterocycles. The smallest absolute Gasteiger partial charge is 0.175 e. The van der Waals surface area contributed by atoms with Gasteiger partial charge in [0.25, 0.3) is 0 Å². The number of nitrogens with one attached hydrogen (secondary N) is 1. The summed E-state index contributed by atoms with van der Waals surface area (Å²) < 4.78 is 23.8. The monoisotopic (exact) mass is 402 g/mol. The summed E-state index contributed by atoms with van der Waals surface area (Å²) >= 11 is 2.22. The lowest BCUT2D eigenvalue weighted by Crippen LogP contribution is -2.02. The zero-order valence-corrected chi connectivity index (χ0v) is 13.9. The van der Waals surface area contributed by atoms with Crippen LogP contribution in [0, 0.1) is 3.57 Å². The Hall–Kier alpha value is -1.28. The second kappa shape index (κ2) is 6.01. The van der Waals surface area contributed by atoms with E-state index in [4.69, 9.17) is 5.73 Å². The Morgan fingerprint density at radius 2 is 1.80 bits per heavy atom. The molecule has 0 amide bonds. The van der Waals surface area contributed by atoms with Crippen molar-refractivity contribution in [2.24, 2.45) is 0 Å². The molecule has 2 aromatic carbocycles. The SMILES string of the molecule is CS(=O)(=O)c1ccc(CNc2ccc(N)cc2I)cc1. The predicted molar refractivity (Wildman–Crippen MR) is 90.4 cm³/mol. The van der Waals surface area contributed by atoms with Crippen LogP contribution in [0.25, 0.3) is 0 Å². The van der Waals surface area contributed by atoms with Crippen molar-refractivity contribution in [3.05, 3.63) is 51.6 Å². The second-order valence-electron chi connectivity index (χ2n) is 4.51. The molecule has 0 aliphatic rings. The summed E-state index contributed by atoms with van der Waals surface area (Å²) in [6, 6.07) is 12.6. The molecule has 2 rings (SSSR count). The van der Waals surface area contributed by atoms with Crippen LogP contribution in [-0.2, 0) is 16.4 Å². The van der Waals surface area contributed by atoms with Gasteiger partial charge >= 0.3 is 0 Å². The topological polar surface area (TPSA) is 72.2 Å². The van der Waals surface area contributed by atoms with Crippen molar-refractivity contribution >= 4 is 43.8 Å². The lowest BCUT2D eigenvalue weighted by molar-refractivity contribution is 0.602. The molecule has 0 aliphatic heterocycles. The first-order valence-electron chi connectivity index (χ1n) is 5.94. The summed E-state index contributed by atoms with van der Waals surface area (Å²) in [4.78, 5) is 0.336. The number of nitrogens with two attached hydrogens (primary N) is 1. The average molecular weight is 402 g/mol. The van der Waals surface area contributed by atoms with E-state index in [0.29, 0.717) is 11.4 Å². The van der Waals surface area contributed by atoms with Gasteiger partial charge in [-0.1, -0.05) is 12.1 Å². The van der Waals surface area contributed by atoms with Gasteiger partial charge in [-0.15, -0.1) is 0 Å². The summed E-state index contributed by atoms with van der Waals surface area (Å²) in [5.41, 5.74) is 8.46. The molecule has 4 nitrogen and oxygen atoms in total. The maximum Gasteiger partial charge on any atom is 0.175 e. The van der Waals surface area contributed by atoms with E-state index >= 15 is 0 Å². The summed E-state index contributed by atoms with van der Waals surface area (Å²) in [7, 11) is -3.13. The van der Waals surface area contributed by atoms with Gasteiger partial charge in [0.2, 0.25) is 0 Å². The maximum absolute atomic E-state index is 11.4. The molecule has 0 bridgehead atoms. The van der Waals surface area contributed by atoms with E-state index in [1.54, 1.807) is 12.1 Å². The third-order valence-corrected chi connectivity index (χ3v) is 4.85. The number of anilines is 2. The van der Waals surface area contributed by atoms with Crippen LogP contribution >= 0.6 is 22.6 Å². The molecule has 0 fully saturated rings. The summed E-state index contributed by atoms with van der Waals surface area (Å²) in [5, 5.41) is 3.30. The van der Waals surface area contributed by atoms with Crippen molar-refractivity contribution < 1.29 is 8.42 Å². The summed E-state index contributed by atoms with van der Waals surface area (Å²) in [6.07, 6.45) is 1.21. The molecule has 0 radical (unpaired) electrons. The third-order valence-electron chi connectivity index (χ3n) is 2.83. The van der Waals surface area contributed by atoms with Gasteiger partial charge in [0, 0.05) is 27.7 Å². The Balaban J connectivity index is 2.08. The van der Waals surface area contributed by atoms with E-state index in [1.807, 2.05) is 30.3 Å². The lowest BCUT2D eigenvalue weighted by Gasteiger charge is -2.09. The van der Waals surface area contributed by atoms with Crippen LogP contribution in [0.4, 0.5) is 11.4 Å². The number of benzene rings is 2. The number of nitrogen functional groups attached to an aromatic ring is 1. The first-order valence-corrected chi connectivity index (χ1v) is 8.91. The minimum absolute atomic E-state index is 0.336. The zero-order chi connectivity index (χ0) is 14.8. The third kappa shape index (κ3) is 3.86. The van der Waals surface area contributed by atoms with E-state index in [0.717, 1.165) is 20.5 Å². The van der Waals surface area contributed by atoms with Gasteiger partial charge < -0.3 is 11.1 Å². The molecule has 0 atom stereocenters. The normalized spacial score (nSPS) is 11.3. The van der Waals surface area contributed by atoms with Gasteiger partial charge in [-0.05, 0) is 58.5 Å². The van der Waals surface area contributed by atoms with E-state index < -0.39 is 9.84 Å². The average Bonchev–Trinajstić information content (AvgIpc) is 2.37. The highest BCUT2D eigenvalue weighted by molar-refractivity contribution is 14.1. The molecule has 106 valence electrons. The Kier molecular flexibility index (Phi) is 4.54. The molecule has 0 unspecified atom stereocenters. The Morgan fingerprint density at radius 1 is 1.15 bits per heavy atom. The number of halogens is 1. The quantitative estimate of drug-likeness (QED) is 0.610. The Morgan fingerprint density at radius 3 is 2.35 bits per heavy atom. The van der Waals surface area contributed by atoms with Crippen LogP contribution in [0.5, 0.6) is 0 Å². The van der Waals surface area contributed by atoms with Crippen LogP contribution in [0.3, 0.4) is 0 Å². The van der Waals surface area contributed by atoms with Crippen LogP contribution in [-0.4, -0.2) is 14.7 Å². The zero-order valence-electron chi connectivity index (χ0n) is 10.9. The van der Waals surface area contributed by atoms with Gasteiger partial charge in [0.15, 0.2) is 9.84 Å². The van der Waals surface area contributed by atoms with Crippen molar-refractivity contribution in [1.82, 2.24) is 0 Å². The van der Waals surface area contributed by atoms with Gasteiger partial charge in [-0.25, -0.2) is 8.42 Å². The number of hydrogen-bond donors (Lipinski definition) is 2. The molecule has 0 aliphatic carbocycles. The van der Waals surface area contributed by atoms with Crippen molar-refractivity contribution in [2.45, 2.75) is 11.4 Å². The largest absolute Gasteiger partial charge is 0.399 e. The number of hydrogen-bond acceptors (Lipinski definition) is 4. The van der Waals surface area contributed by atoms with Gasteiger partial charge in [0.05, 0.1) is 4.90 Å². The fourth-order valence-corrected chi connectivity index (χ4v) is 3.09. The van der Waals surface area contributed by atoms with Crippen molar-refractivity contribution in [3.8, 4) is 0 Å². The molecule has 0 saturated carbocycles. The molecule has 20 heavy (non-hydrogen) atoms. The van der Waals surface area contributed by atoms with Crippen LogP contribution in [0.2, 0.25) is 0 Å². The van der Waals surface area contributed by atoms with Crippen LogP contribution < -0.4 is 11.1 Å². The molecule has 0 spiro atoms. The highest BCUT2D eigenvalue weighted by Gasteiger charge is 2.06. The Bertz CT molecular complexity index is 712. The maximum atomic E-state index is 11.4. The molecule has 3 N–H and O–H groups in total. The number of rotatable bonds is 4. The van der Waals surface area contributed by atoms with E-state index in [9.17, 15) is 8.42 Å². The minimum Gasteiger partial charge on any atom is -0.399 e. The standard InChI is InChI=1S/C14H15IN2O2S/c1-20(18,19)12-5-2-10(3-6-12)9-17-14-7-4-11(16)8-13(14)15/h2-8,17H,9,16H2,1H3. The van der Waals surface area contributed by atoms with Crippen molar-refractivity contribution in [1.29, 1.82) is 0 Å². The molecule has 0 saturated heterocycles. The molecule has 6 heteroatoms. The van der Waals surface area contributed by atoms with Crippen molar-refractivity contribution in [3.63, 3.8) is 0 Å². The first-order chi connectivity index (χ1) is 9.36. The lowest BCUT2D eigenvalue weighted by atomic mass is 10.2. The fraction of sp³-hybridized carbons (Fsp3) is 0.143. The van der Waals surface area contributed by atoms with Gasteiger partial charge in [-0.3, -0.25) is 0 Å². The van der Waals surface area contributed by atoms with Crippen LogP contribution in [0.1, 0.15) is 5.56 Å². The van der Waals surface area contributed by atoms with E-state index in [2.05, 4.69) is 27.9 Å². The molecule has 0 heterocycles. The first kappa shape index (κ1) is 15.1. The van der Waals surface area contributed by atoms with E-state index in [1.165, 1.54) is 6.26 Å². The predicted octanol–water partition coefficient (Wildman–Crippen LogP) is 2.89. The summed E-state index contributed by atoms with van der Waals surface area (Å²) in [5.74, 6) is 0. The molecular weight excluding hydrogens is 387 g/mol. The van der Waals surface area contributed by atoms with Crippen molar-refractivity contribution in [2.75, 3.05) is 17.3 Å². The highest BCUT2D eigenvalue weighted by atomic mass is 127. The van der Waals surface area contributed by atoms with Crippen LogP contribution in [0.15, 0.2) is 47.4 Å².